The van der Waals surface area contributed by atoms with Gasteiger partial charge in [0.1, 0.15) is 0 Å². The van der Waals surface area contributed by atoms with Crippen LogP contribution in [0.4, 0.5) is 118 Å². The van der Waals surface area contributed by atoms with Crippen molar-refractivity contribution in [3.8, 4) is 0 Å². The highest BCUT2D eigenvalue weighted by atomic mass is 31.2. The van der Waals surface area contributed by atoms with Gasteiger partial charge in [0.25, 0.3) is 0 Å². The number of alkyl halides is 26. The third kappa shape index (κ3) is 6.44. The van der Waals surface area contributed by atoms with Crippen LogP contribution in [0.25, 0.3) is 0 Å². The summed E-state index contributed by atoms with van der Waals surface area (Å²) in [6.07, 6.45) is -15.2. The quantitative estimate of drug-likeness (QED) is 0.152. The Kier molecular flexibility index (Phi) is 11.7. The maximum Gasteiger partial charge on any atom is 0.460 e. The van der Waals surface area contributed by atoms with Crippen molar-refractivity contribution < 1.29 is 142 Å². The van der Waals surface area contributed by atoms with E-state index in [1.54, 1.807) is 0 Å². The van der Waals surface area contributed by atoms with Crippen LogP contribution in [0.5, 0.6) is 0 Å². The first-order valence-electron chi connectivity index (χ1n) is 8.99. The molecule has 1 unspecified atom stereocenters. The van der Waals surface area contributed by atoms with E-state index >= 15 is 0 Å². The maximum absolute atomic E-state index is 12.7. The van der Waals surface area contributed by atoms with Gasteiger partial charge >= 0.3 is 86.3 Å². The number of hydrogen-bond donors (Lipinski definition) is 3. The minimum absolute atomic E-state index is 7.38. The van der Waals surface area contributed by atoms with E-state index in [2.05, 4.69) is 0 Å². The SMILES string of the molecule is O=P(O)(F)C(F)(F)C(F)(F)C(F)(F)C(F)(F)C(F)(F)C(F)(F)F.O=P(O)(O)C(F)(F)C(F)(F)C(F)(F)C(F)(F)C(F)(F)C(F)(F)F. The Hall–Kier alpha value is -1.55. The average molecular weight is 802 g/mol. The van der Waals surface area contributed by atoms with Crippen LogP contribution < -0.4 is 0 Å². The third-order valence-corrected chi connectivity index (χ3v) is 6.53. The van der Waals surface area contributed by atoms with Gasteiger partial charge in [-0.2, -0.15) is 118 Å². The summed E-state index contributed by atoms with van der Waals surface area (Å²) in [6, 6.07) is 0. The van der Waals surface area contributed by atoms with Crippen LogP contribution in [0.1, 0.15) is 0 Å². The molecule has 3 N–H and O–H groups in total. The second kappa shape index (κ2) is 11.5. The van der Waals surface area contributed by atoms with Gasteiger partial charge in [-0.1, -0.05) is 0 Å². The molecule has 1 atom stereocenters. The predicted molar refractivity (Wildman–Crippen MR) is 84.6 cm³/mol. The van der Waals surface area contributed by atoms with Crippen molar-refractivity contribution in [2.45, 2.75) is 71.1 Å². The lowest BCUT2D eigenvalue weighted by Crippen LogP contribution is -2.69. The summed E-state index contributed by atoms with van der Waals surface area (Å²) in [7, 11) is -15.8. The second-order valence-corrected chi connectivity index (χ2v) is 10.9. The molecule has 0 aromatic rings. The standard InChI is InChI=1S/C6HF14O2P.C6H2F13O3P/c2*7-1(8,3(11,12)5(15,16)17)2(9,10)4(13,14)6(18,19)23(20,21)22/h(H,21,22);(H2,20,21,22). The molecule has 0 saturated carbocycles. The third-order valence-electron chi connectivity index (χ3n) is 4.55. The number of rotatable bonds is 10. The van der Waals surface area contributed by atoms with E-state index in [9.17, 15) is 127 Å². The van der Waals surface area contributed by atoms with Crippen LogP contribution in [0.3, 0.4) is 0 Å². The molecule has 0 heterocycles. The predicted octanol–water partition coefficient (Wildman–Crippen LogP) is 8.70. The van der Waals surface area contributed by atoms with Gasteiger partial charge in [0.15, 0.2) is 0 Å². The molecule has 0 rings (SSSR count). The van der Waals surface area contributed by atoms with E-state index < -0.39 is 86.3 Å². The molecule has 0 spiro atoms. The van der Waals surface area contributed by atoms with Gasteiger partial charge < -0.3 is 14.7 Å². The molecule has 0 bridgehead atoms. The Morgan fingerprint density at radius 1 is 0.304 bits per heavy atom. The number of halogens is 27. The van der Waals surface area contributed by atoms with Crippen molar-refractivity contribution in [1.82, 2.24) is 0 Å². The number of hydrogen-bond acceptors (Lipinski definition) is 2. The van der Waals surface area contributed by atoms with E-state index in [0.717, 1.165) is 0 Å². The highest BCUT2D eigenvalue weighted by Gasteiger charge is 2.94. The van der Waals surface area contributed by atoms with Crippen molar-refractivity contribution in [1.29, 1.82) is 0 Å². The Balaban J connectivity index is 0. The Morgan fingerprint density at radius 2 is 0.478 bits per heavy atom. The summed E-state index contributed by atoms with van der Waals surface area (Å²) < 4.78 is 352. The normalized spacial score (nSPS) is 17.7. The van der Waals surface area contributed by atoms with Crippen LogP contribution in [-0.2, 0) is 9.13 Å². The molecule has 280 valence electrons. The first-order chi connectivity index (χ1) is 19.0. The van der Waals surface area contributed by atoms with Gasteiger partial charge in [-0.3, -0.25) is 4.57 Å². The summed E-state index contributed by atoms with van der Waals surface area (Å²) in [4.78, 5) is 23.1. The minimum atomic E-state index is -8.28. The van der Waals surface area contributed by atoms with E-state index in [-0.39, 0.29) is 0 Å². The van der Waals surface area contributed by atoms with E-state index in [4.69, 9.17) is 14.7 Å². The molecule has 0 aromatic carbocycles. The summed E-state index contributed by atoms with van der Waals surface area (Å²) >= 11 is 0. The van der Waals surface area contributed by atoms with E-state index in [1.165, 1.54) is 0 Å². The summed E-state index contributed by atoms with van der Waals surface area (Å²) in [6.45, 7) is 0. The van der Waals surface area contributed by atoms with Crippen molar-refractivity contribution in [2.24, 2.45) is 0 Å². The lowest BCUT2D eigenvalue weighted by atomic mass is 9.98. The molecule has 0 aliphatic heterocycles. The molecule has 0 fully saturated rings. The van der Waals surface area contributed by atoms with Gasteiger partial charge in [0.2, 0.25) is 0 Å². The Labute approximate surface area is 230 Å². The lowest BCUT2D eigenvalue weighted by Gasteiger charge is -2.39. The summed E-state index contributed by atoms with van der Waals surface area (Å²) in [5.74, 6) is -64.9. The van der Waals surface area contributed by atoms with Gasteiger partial charge in [-0.25, -0.2) is 4.57 Å². The van der Waals surface area contributed by atoms with E-state index in [0.29, 0.717) is 0 Å². The monoisotopic (exact) mass is 802 g/mol. The largest absolute Gasteiger partial charge is 0.460 e. The molecule has 0 aromatic heterocycles. The molecule has 0 aliphatic rings. The summed E-state index contributed by atoms with van der Waals surface area (Å²) in [5, 5.41) is 0. The lowest BCUT2D eigenvalue weighted by molar-refractivity contribution is -0.434. The molecule has 0 amide bonds. The zero-order valence-electron chi connectivity index (χ0n) is 19.3. The molecule has 0 radical (unpaired) electrons. The topological polar surface area (TPSA) is 94.8 Å². The maximum atomic E-state index is 12.7. The fourth-order valence-corrected chi connectivity index (χ4v) is 2.87. The zero-order valence-corrected chi connectivity index (χ0v) is 21.0. The zero-order chi connectivity index (χ0) is 39.0. The molecule has 34 heteroatoms. The molecule has 0 saturated heterocycles. The first-order valence-corrected chi connectivity index (χ1v) is 12.2. The van der Waals surface area contributed by atoms with E-state index in [1.807, 2.05) is 0 Å². The van der Waals surface area contributed by atoms with Crippen LogP contribution in [0.15, 0.2) is 0 Å². The van der Waals surface area contributed by atoms with Gasteiger partial charge in [-0.05, 0) is 0 Å². The molecular formula is C12H3F27O5P2. The molecule has 0 aliphatic carbocycles. The van der Waals surface area contributed by atoms with Gasteiger partial charge in [-0.15, -0.1) is 0 Å². The Bertz CT molecular complexity index is 1090. The smallest absolute Gasteiger partial charge is 0.320 e. The van der Waals surface area contributed by atoms with Crippen molar-refractivity contribution in [3.63, 3.8) is 0 Å². The highest BCUT2D eigenvalue weighted by Crippen LogP contribution is 2.70. The van der Waals surface area contributed by atoms with Crippen molar-refractivity contribution >= 4 is 15.3 Å². The van der Waals surface area contributed by atoms with Crippen molar-refractivity contribution in [3.05, 3.63) is 0 Å². The average Bonchev–Trinajstić information content (AvgIpc) is 2.75. The van der Waals surface area contributed by atoms with Gasteiger partial charge in [0, 0.05) is 0 Å². The molecule has 5 nitrogen and oxygen atoms in total. The van der Waals surface area contributed by atoms with Crippen LogP contribution in [-0.4, -0.2) is 85.7 Å². The van der Waals surface area contributed by atoms with Crippen LogP contribution in [0, 0.1) is 0 Å². The molecule has 46 heavy (non-hydrogen) atoms. The van der Waals surface area contributed by atoms with Gasteiger partial charge in [0.05, 0.1) is 0 Å². The van der Waals surface area contributed by atoms with Crippen LogP contribution in [0.2, 0.25) is 0 Å². The highest BCUT2D eigenvalue weighted by molar-refractivity contribution is 7.53. The second-order valence-electron chi connectivity index (χ2n) is 7.72. The summed E-state index contributed by atoms with van der Waals surface area (Å²) in [5.41, 5.74) is -15.0. The van der Waals surface area contributed by atoms with Crippen LogP contribution >= 0.6 is 15.3 Å². The first kappa shape index (κ1) is 46.6. The fourth-order valence-electron chi connectivity index (χ4n) is 1.88. The van der Waals surface area contributed by atoms with Crippen molar-refractivity contribution in [2.75, 3.05) is 0 Å². The fraction of sp³-hybridized carbons (Fsp3) is 1.00. The Morgan fingerprint density at radius 3 is 0.630 bits per heavy atom. The minimum Gasteiger partial charge on any atom is -0.320 e. The molecular weight excluding hydrogens is 799 g/mol.